The molecule has 1 aromatic rings. The van der Waals surface area contributed by atoms with Gasteiger partial charge in [0.25, 0.3) is 0 Å². The highest BCUT2D eigenvalue weighted by Gasteiger charge is 2.34. The lowest BCUT2D eigenvalue weighted by Gasteiger charge is -2.41. The lowest BCUT2D eigenvalue weighted by molar-refractivity contribution is 0.123. The molecule has 0 aliphatic heterocycles. The van der Waals surface area contributed by atoms with Crippen molar-refractivity contribution in [1.29, 1.82) is 0 Å². The second kappa shape index (κ2) is 5.28. The Labute approximate surface area is 106 Å². The minimum Gasteiger partial charge on any atom is -0.311 e. The van der Waals surface area contributed by atoms with Gasteiger partial charge in [-0.15, -0.1) is 0 Å². The van der Waals surface area contributed by atoms with Gasteiger partial charge in [-0.3, -0.25) is 4.98 Å². The van der Waals surface area contributed by atoms with E-state index in [0.717, 1.165) is 23.3 Å². The third-order valence-corrected chi connectivity index (χ3v) is 4.23. The third-order valence-electron chi connectivity index (χ3n) is 3.76. The molecule has 0 atom stereocenters. The molecule has 0 radical (unpaired) electrons. The first-order chi connectivity index (χ1) is 7.74. The summed E-state index contributed by atoms with van der Waals surface area (Å²) in [5.41, 5.74) is 1.71. The summed E-state index contributed by atoms with van der Waals surface area (Å²) in [6.07, 6.45) is 7.35. The Morgan fingerprint density at radius 3 is 2.75 bits per heavy atom. The molecule has 0 unspecified atom stereocenters. The number of aromatic nitrogens is 1. The van der Waals surface area contributed by atoms with Crippen LogP contribution in [0.5, 0.6) is 0 Å². The summed E-state index contributed by atoms with van der Waals surface area (Å²) in [4.78, 5) is 4.36. The average Bonchev–Trinajstić information content (AvgIpc) is 2.25. The summed E-state index contributed by atoms with van der Waals surface area (Å²) in [5.74, 6) is 0. The Morgan fingerprint density at radius 2 is 2.25 bits per heavy atom. The Balaban J connectivity index is 1.77. The van der Waals surface area contributed by atoms with Crippen LogP contribution in [0.1, 0.15) is 38.3 Å². The fourth-order valence-electron chi connectivity index (χ4n) is 2.30. The van der Waals surface area contributed by atoms with Crippen LogP contribution in [-0.4, -0.2) is 11.5 Å². The van der Waals surface area contributed by atoms with Crippen LogP contribution in [0.15, 0.2) is 22.8 Å². The second-order valence-corrected chi connectivity index (χ2v) is 5.69. The van der Waals surface area contributed by atoms with Crippen molar-refractivity contribution in [3.8, 4) is 0 Å². The van der Waals surface area contributed by atoms with Crippen molar-refractivity contribution >= 4 is 15.9 Å². The monoisotopic (exact) mass is 282 g/mol. The number of nitrogens with zero attached hydrogens (tertiary/aromatic N) is 1. The van der Waals surface area contributed by atoms with E-state index in [-0.39, 0.29) is 0 Å². The molecule has 0 amide bonds. The van der Waals surface area contributed by atoms with Crippen LogP contribution in [0.4, 0.5) is 0 Å². The van der Waals surface area contributed by atoms with Crippen LogP contribution >= 0.6 is 15.9 Å². The molecule has 1 saturated carbocycles. The summed E-state index contributed by atoms with van der Waals surface area (Å²) in [5, 5.41) is 3.54. The van der Waals surface area contributed by atoms with E-state index >= 15 is 0 Å². The molecule has 0 spiro atoms. The van der Waals surface area contributed by atoms with Crippen LogP contribution in [-0.2, 0) is 6.54 Å². The van der Waals surface area contributed by atoms with Gasteiger partial charge in [0, 0.05) is 23.8 Å². The molecular formula is C13H19BrN2. The largest absolute Gasteiger partial charge is 0.311 e. The summed E-state index contributed by atoms with van der Waals surface area (Å²) in [6.45, 7) is 4.33. The smallest absolute Gasteiger partial charge is 0.0542 e. The SMILES string of the molecule is CCC1(CNCc2ccc(Br)cn2)CCC1. The number of nitrogens with one attached hydrogen (secondary N) is 1. The summed E-state index contributed by atoms with van der Waals surface area (Å²) >= 11 is 3.39. The van der Waals surface area contributed by atoms with Gasteiger partial charge in [0.1, 0.15) is 0 Å². The van der Waals surface area contributed by atoms with Gasteiger partial charge in [0.2, 0.25) is 0 Å². The normalized spacial score (nSPS) is 18.1. The van der Waals surface area contributed by atoms with Gasteiger partial charge < -0.3 is 5.32 Å². The van der Waals surface area contributed by atoms with E-state index in [9.17, 15) is 0 Å². The minimum atomic E-state index is 0.593. The number of pyridine rings is 1. The fourth-order valence-corrected chi connectivity index (χ4v) is 2.53. The van der Waals surface area contributed by atoms with Gasteiger partial charge in [-0.25, -0.2) is 0 Å². The van der Waals surface area contributed by atoms with Crippen LogP contribution in [0.3, 0.4) is 0 Å². The van der Waals surface area contributed by atoms with E-state index in [1.807, 2.05) is 12.3 Å². The van der Waals surface area contributed by atoms with Gasteiger partial charge in [-0.05, 0) is 52.7 Å². The van der Waals surface area contributed by atoms with Crippen molar-refractivity contribution in [3.63, 3.8) is 0 Å². The van der Waals surface area contributed by atoms with E-state index in [4.69, 9.17) is 0 Å². The Bertz CT molecular complexity index is 325. The molecule has 2 nitrogen and oxygen atoms in total. The molecule has 0 aromatic carbocycles. The highest BCUT2D eigenvalue weighted by atomic mass is 79.9. The molecule has 2 rings (SSSR count). The fraction of sp³-hybridized carbons (Fsp3) is 0.615. The molecule has 1 N–H and O–H groups in total. The summed E-state index contributed by atoms with van der Waals surface area (Å²) in [7, 11) is 0. The topological polar surface area (TPSA) is 24.9 Å². The molecule has 1 aromatic heterocycles. The minimum absolute atomic E-state index is 0.593. The molecule has 1 fully saturated rings. The molecule has 1 aliphatic rings. The highest BCUT2D eigenvalue weighted by molar-refractivity contribution is 9.10. The zero-order valence-corrected chi connectivity index (χ0v) is 11.4. The zero-order chi connectivity index (χ0) is 11.4. The van der Waals surface area contributed by atoms with E-state index in [0.29, 0.717) is 5.41 Å². The number of hydrogen-bond donors (Lipinski definition) is 1. The van der Waals surface area contributed by atoms with Gasteiger partial charge in [0.15, 0.2) is 0 Å². The van der Waals surface area contributed by atoms with Crippen LogP contribution in [0, 0.1) is 5.41 Å². The molecular weight excluding hydrogens is 264 g/mol. The highest BCUT2D eigenvalue weighted by Crippen LogP contribution is 2.43. The van der Waals surface area contributed by atoms with Crippen molar-refractivity contribution in [2.24, 2.45) is 5.41 Å². The van der Waals surface area contributed by atoms with E-state index in [1.165, 1.54) is 25.7 Å². The van der Waals surface area contributed by atoms with Crippen molar-refractivity contribution in [2.75, 3.05) is 6.54 Å². The van der Waals surface area contributed by atoms with Gasteiger partial charge >= 0.3 is 0 Å². The molecule has 1 aliphatic carbocycles. The van der Waals surface area contributed by atoms with E-state index in [1.54, 1.807) is 0 Å². The maximum Gasteiger partial charge on any atom is 0.0542 e. The van der Waals surface area contributed by atoms with Gasteiger partial charge in [0.05, 0.1) is 5.69 Å². The first kappa shape index (κ1) is 12.1. The third kappa shape index (κ3) is 2.83. The Morgan fingerprint density at radius 1 is 1.44 bits per heavy atom. The molecule has 0 saturated heterocycles. The van der Waals surface area contributed by atoms with Crippen LogP contribution < -0.4 is 5.32 Å². The van der Waals surface area contributed by atoms with Gasteiger partial charge in [-0.2, -0.15) is 0 Å². The Hall–Kier alpha value is -0.410. The van der Waals surface area contributed by atoms with Crippen molar-refractivity contribution in [1.82, 2.24) is 10.3 Å². The predicted octanol–water partition coefficient (Wildman–Crippen LogP) is 3.51. The van der Waals surface area contributed by atoms with Crippen molar-refractivity contribution in [3.05, 3.63) is 28.5 Å². The molecule has 0 bridgehead atoms. The van der Waals surface area contributed by atoms with Gasteiger partial charge in [-0.1, -0.05) is 13.3 Å². The summed E-state index contributed by atoms with van der Waals surface area (Å²) < 4.78 is 1.04. The maximum absolute atomic E-state index is 4.36. The van der Waals surface area contributed by atoms with E-state index in [2.05, 4.69) is 39.2 Å². The predicted molar refractivity (Wildman–Crippen MR) is 70.2 cm³/mol. The molecule has 1 heterocycles. The first-order valence-corrected chi connectivity index (χ1v) is 6.85. The quantitative estimate of drug-likeness (QED) is 0.894. The average molecular weight is 283 g/mol. The van der Waals surface area contributed by atoms with Crippen molar-refractivity contribution < 1.29 is 0 Å². The lowest BCUT2D eigenvalue weighted by Crippen LogP contribution is -2.39. The van der Waals surface area contributed by atoms with Crippen LogP contribution in [0.2, 0.25) is 0 Å². The number of halogens is 1. The Kier molecular flexibility index (Phi) is 3.98. The van der Waals surface area contributed by atoms with Crippen LogP contribution in [0.25, 0.3) is 0 Å². The molecule has 16 heavy (non-hydrogen) atoms. The summed E-state index contributed by atoms with van der Waals surface area (Å²) in [6, 6.07) is 4.11. The van der Waals surface area contributed by atoms with Crippen molar-refractivity contribution in [2.45, 2.75) is 39.2 Å². The lowest BCUT2D eigenvalue weighted by atomic mass is 9.67. The maximum atomic E-state index is 4.36. The number of rotatable bonds is 5. The van der Waals surface area contributed by atoms with E-state index < -0.39 is 0 Å². The number of hydrogen-bond acceptors (Lipinski definition) is 2. The molecule has 3 heteroatoms. The first-order valence-electron chi connectivity index (χ1n) is 6.05. The zero-order valence-electron chi connectivity index (χ0n) is 9.80. The standard InChI is InChI=1S/C13H19BrN2/c1-2-13(6-3-7-13)10-15-9-12-5-4-11(14)8-16-12/h4-5,8,15H,2-3,6-7,9-10H2,1H3. The second-order valence-electron chi connectivity index (χ2n) is 4.78. The molecule has 88 valence electrons.